The highest BCUT2D eigenvalue weighted by atomic mass is 16.3. The van der Waals surface area contributed by atoms with E-state index >= 15 is 0 Å². The van der Waals surface area contributed by atoms with Gasteiger partial charge in [-0.15, -0.1) is 6.42 Å². The van der Waals surface area contributed by atoms with Crippen LogP contribution in [0.4, 0.5) is 0 Å². The minimum Gasteiger partial charge on any atom is -0.390 e. The normalized spacial score (nSPS) is 16.7. The molecular weight excluding hydrogens is 152 g/mol. The highest BCUT2D eigenvalue weighted by Gasteiger charge is 2.18. The molecule has 0 bridgehead atoms. The molecule has 0 heterocycles. The molecular formula is C10H18O2. The van der Waals surface area contributed by atoms with Crippen molar-refractivity contribution in [2.45, 2.75) is 51.2 Å². The van der Waals surface area contributed by atoms with Gasteiger partial charge in [0, 0.05) is 0 Å². The molecule has 2 nitrogen and oxygen atoms in total. The van der Waals surface area contributed by atoms with Crippen molar-refractivity contribution in [3.8, 4) is 12.3 Å². The summed E-state index contributed by atoms with van der Waals surface area (Å²) in [6.45, 7) is 5.10. The molecule has 0 aliphatic heterocycles. The molecule has 2 heteroatoms. The topological polar surface area (TPSA) is 40.5 Å². The first-order chi connectivity index (χ1) is 5.27. The standard InChI is InChI=1S/C10H18O2/c1-5-10(4,12)8-6-7-9(2,3)11/h1,11-12H,6-8H2,2-4H3/t10-/m0/s1. The smallest absolute Gasteiger partial charge is 0.122 e. The summed E-state index contributed by atoms with van der Waals surface area (Å²) < 4.78 is 0. The fourth-order valence-electron chi connectivity index (χ4n) is 0.937. The van der Waals surface area contributed by atoms with Gasteiger partial charge < -0.3 is 10.2 Å². The molecule has 12 heavy (non-hydrogen) atoms. The van der Waals surface area contributed by atoms with Gasteiger partial charge in [0.05, 0.1) is 5.60 Å². The molecule has 2 N–H and O–H groups in total. The van der Waals surface area contributed by atoms with Crippen molar-refractivity contribution < 1.29 is 10.2 Å². The molecule has 0 fully saturated rings. The summed E-state index contributed by atoms with van der Waals surface area (Å²) in [4.78, 5) is 0. The molecule has 0 rings (SSSR count). The molecule has 0 saturated carbocycles. The summed E-state index contributed by atoms with van der Waals surface area (Å²) in [5.74, 6) is 2.30. The van der Waals surface area contributed by atoms with Crippen molar-refractivity contribution in [3.63, 3.8) is 0 Å². The lowest BCUT2D eigenvalue weighted by molar-refractivity contribution is 0.0550. The summed E-state index contributed by atoms with van der Waals surface area (Å²) in [6, 6.07) is 0. The van der Waals surface area contributed by atoms with E-state index in [9.17, 15) is 10.2 Å². The van der Waals surface area contributed by atoms with E-state index in [4.69, 9.17) is 6.42 Å². The van der Waals surface area contributed by atoms with E-state index in [0.29, 0.717) is 12.8 Å². The first-order valence-electron chi connectivity index (χ1n) is 4.19. The first-order valence-corrected chi connectivity index (χ1v) is 4.19. The summed E-state index contributed by atoms with van der Waals surface area (Å²) in [6.07, 6.45) is 7.02. The van der Waals surface area contributed by atoms with Gasteiger partial charge in [-0.1, -0.05) is 5.92 Å². The number of aliphatic hydroxyl groups is 2. The Kier molecular flexibility index (Phi) is 3.76. The number of hydrogen-bond donors (Lipinski definition) is 2. The van der Waals surface area contributed by atoms with Crippen molar-refractivity contribution >= 4 is 0 Å². The molecule has 0 spiro atoms. The van der Waals surface area contributed by atoms with Gasteiger partial charge in [-0.2, -0.15) is 0 Å². The lowest BCUT2D eigenvalue weighted by atomic mass is 9.95. The number of rotatable bonds is 4. The third kappa shape index (κ3) is 6.21. The highest BCUT2D eigenvalue weighted by Crippen LogP contribution is 2.17. The maximum absolute atomic E-state index is 9.40. The summed E-state index contributed by atoms with van der Waals surface area (Å²) in [7, 11) is 0. The van der Waals surface area contributed by atoms with E-state index < -0.39 is 11.2 Å². The van der Waals surface area contributed by atoms with Crippen molar-refractivity contribution in [2.24, 2.45) is 0 Å². The molecule has 0 aromatic carbocycles. The van der Waals surface area contributed by atoms with Gasteiger partial charge in [0.15, 0.2) is 0 Å². The SMILES string of the molecule is C#C[C@](C)(O)CCCC(C)(C)O. The van der Waals surface area contributed by atoms with Crippen molar-refractivity contribution in [3.05, 3.63) is 0 Å². The Labute approximate surface area is 74.6 Å². The van der Waals surface area contributed by atoms with Crippen LogP contribution in [-0.2, 0) is 0 Å². The van der Waals surface area contributed by atoms with E-state index in [1.165, 1.54) is 0 Å². The monoisotopic (exact) mass is 170 g/mol. The minimum absolute atomic E-state index is 0.535. The van der Waals surface area contributed by atoms with Crippen LogP contribution in [0.15, 0.2) is 0 Å². The Morgan fingerprint density at radius 2 is 1.67 bits per heavy atom. The fraction of sp³-hybridized carbons (Fsp3) is 0.800. The Balaban J connectivity index is 3.66. The molecule has 0 aliphatic rings. The second kappa shape index (κ2) is 3.93. The van der Waals surface area contributed by atoms with Gasteiger partial charge in [-0.25, -0.2) is 0 Å². The molecule has 0 unspecified atom stereocenters. The van der Waals surface area contributed by atoms with E-state index in [-0.39, 0.29) is 0 Å². The molecule has 0 aromatic heterocycles. The van der Waals surface area contributed by atoms with Crippen LogP contribution in [0, 0.1) is 12.3 Å². The third-order valence-electron chi connectivity index (χ3n) is 1.76. The summed E-state index contributed by atoms with van der Waals surface area (Å²) in [5, 5.41) is 18.8. The predicted octanol–water partition coefficient (Wildman–Crippen LogP) is 1.31. The quantitative estimate of drug-likeness (QED) is 0.624. The zero-order valence-electron chi connectivity index (χ0n) is 8.09. The molecule has 0 aromatic rings. The molecule has 0 aliphatic carbocycles. The van der Waals surface area contributed by atoms with Crippen LogP contribution in [0.3, 0.4) is 0 Å². The third-order valence-corrected chi connectivity index (χ3v) is 1.76. The molecule has 0 radical (unpaired) electrons. The molecule has 1 atom stereocenters. The van der Waals surface area contributed by atoms with Crippen LogP contribution in [0.1, 0.15) is 40.0 Å². The van der Waals surface area contributed by atoms with E-state index in [1.54, 1.807) is 20.8 Å². The van der Waals surface area contributed by atoms with Gasteiger partial charge in [0.2, 0.25) is 0 Å². The van der Waals surface area contributed by atoms with Crippen molar-refractivity contribution in [1.29, 1.82) is 0 Å². The van der Waals surface area contributed by atoms with Crippen LogP contribution in [-0.4, -0.2) is 21.4 Å². The lowest BCUT2D eigenvalue weighted by Gasteiger charge is -2.20. The largest absolute Gasteiger partial charge is 0.390 e. The number of hydrogen-bond acceptors (Lipinski definition) is 2. The van der Waals surface area contributed by atoms with Crippen LogP contribution in [0.5, 0.6) is 0 Å². The highest BCUT2D eigenvalue weighted by molar-refractivity contribution is 5.04. The maximum Gasteiger partial charge on any atom is 0.122 e. The second-order valence-corrected chi connectivity index (χ2v) is 4.08. The van der Waals surface area contributed by atoms with Crippen LogP contribution >= 0.6 is 0 Å². The zero-order chi connectivity index (χ0) is 9.83. The van der Waals surface area contributed by atoms with Crippen LogP contribution in [0.2, 0.25) is 0 Å². The molecule has 0 amide bonds. The Morgan fingerprint density at radius 1 is 1.17 bits per heavy atom. The number of terminal acetylenes is 1. The average molecular weight is 170 g/mol. The van der Waals surface area contributed by atoms with E-state index in [2.05, 4.69) is 5.92 Å². The van der Waals surface area contributed by atoms with Gasteiger partial charge >= 0.3 is 0 Å². The second-order valence-electron chi connectivity index (χ2n) is 4.08. The lowest BCUT2D eigenvalue weighted by Crippen LogP contribution is -2.24. The van der Waals surface area contributed by atoms with Crippen LogP contribution < -0.4 is 0 Å². The first kappa shape index (κ1) is 11.5. The van der Waals surface area contributed by atoms with Crippen LogP contribution in [0.25, 0.3) is 0 Å². The zero-order valence-corrected chi connectivity index (χ0v) is 8.09. The van der Waals surface area contributed by atoms with Gasteiger partial charge in [-0.3, -0.25) is 0 Å². The summed E-state index contributed by atoms with van der Waals surface area (Å²) in [5.41, 5.74) is -1.68. The maximum atomic E-state index is 9.40. The predicted molar refractivity (Wildman–Crippen MR) is 49.6 cm³/mol. The minimum atomic E-state index is -1.02. The van der Waals surface area contributed by atoms with Crippen molar-refractivity contribution in [1.82, 2.24) is 0 Å². The molecule has 0 saturated heterocycles. The van der Waals surface area contributed by atoms with Gasteiger partial charge in [-0.05, 0) is 40.0 Å². The fourth-order valence-corrected chi connectivity index (χ4v) is 0.937. The Hall–Kier alpha value is -0.520. The average Bonchev–Trinajstić information content (AvgIpc) is 1.84. The Morgan fingerprint density at radius 3 is 2.00 bits per heavy atom. The van der Waals surface area contributed by atoms with Crippen molar-refractivity contribution in [2.75, 3.05) is 0 Å². The van der Waals surface area contributed by atoms with E-state index in [1.807, 2.05) is 0 Å². The van der Waals surface area contributed by atoms with Gasteiger partial charge in [0.1, 0.15) is 5.60 Å². The summed E-state index contributed by atoms with van der Waals surface area (Å²) >= 11 is 0. The molecule has 70 valence electrons. The Bertz CT molecular complexity index is 169. The van der Waals surface area contributed by atoms with Gasteiger partial charge in [0.25, 0.3) is 0 Å². The van der Waals surface area contributed by atoms with E-state index in [0.717, 1.165) is 6.42 Å².